The number of carboxylic acid groups (broad SMARTS) is 1. The van der Waals surface area contributed by atoms with Gasteiger partial charge in [0.2, 0.25) is 5.88 Å². The number of amides is 1. The van der Waals surface area contributed by atoms with E-state index in [9.17, 15) is 14.7 Å². The molecule has 1 saturated carbocycles. The molecule has 2 aliphatic rings. The van der Waals surface area contributed by atoms with Crippen LogP contribution in [0.4, 0.5) is 0 Å². The molecule has 0 spiro atoms. The van der Waals surface area contributed by atoms with Crippen molar-refractivity contribution in [3.05, 3.63) is 23.4 Å². The fourth-order valence-electron chi connectivity index (χ4n) is 4.44. The number of piperidine rings is 1. The molecule has 0 radical (unpaired) electrons. The lowest BCUT2D eigenvalue weighted by Gasteiger charge is -2.36. The largest absolute Gasteiger partial charge is 0.481 e. The van der Waals surface area contributed by atoms with E-state index in [-0.39, 0.29) is 18.4 Å². The minimum Gasteiger partial charge on any atom is -0.481 e. The van der Waals surface area contributed by atoms with Gasteiger partial charge in [0.1, 0.15) is 5.56 Å². The van der Waals surface area contributed by atoms with Crippen LogP contribution in [0.2, 0.25) is 0 Å². The maximum atomic E-state index is 12.9. The molecule has 1 amide bonds. The lowest BCUT2D eigenvalue weighted by molar-refractivity contribution is -0.138. The summed E-state index contributed by atoms with van der Waals surface area (Å²) in [5.74, 6) is -0.685. The zero-order valence-corrected chi connectivity index (χ0v) is 17.3. The molecule has 3 N–H and O–H groups in total. The van der Waals surface area contributed by atoms with E-state index >= 15 is 0 Å². The van der Waals surface area contributed by atoms with Crippen molar-refractivity contribution in [1.82, 2.24) is 15.6 Å². The van der Waals surface area contributed by atoms with Crippen molar-refractivity contribution in [2.75, 3.05) is 19.7 Å². The van der Waals surface area contributed by atoms with Gasteiger partial charge < -0.3 is 20.5 Å². The molecule has 3 rings (SSSR count). The van der Waals surface area contributed by atoms with Crippen LogP contribution in [0.1, 0.15) is 80.8 Å². The number of aliphatic carboxylic acids is 1. The van der Waals surface area contributed by atoms with Crippen LogP contribution in [-0.2, 0) is 10.2 Å². The Bertz CT molecular complexity index is 710. The van der Waals surface area contributed by atoms with Crippen molar-refractivity contribution in [2.45, 2.75) is 76.2 Å². The van der Waals surface area contributed by atoms with Gasteiger partial charge >= 0.3 is 5.97 Å². The third-order valence-electron chi connectivity index (χ3n) is 5.99. The van der Waals surface area contributed by atoms with Gasteiger partial charge in [-0.15, -0.1) is 0 Å². The lowest BCUT2D eigenvalue weighted by atomic mass is 9.74. The number of aromatic nitrogens is 1. The highest BCUT2D eigenvalue weighted by molar-refractivity contribution is 5.96. The molecule has 160 valence electrons. The van der Waals surface area contributed by atoms with Gasteiger partial charge in [0.15, 0.2) is 0 Å². The van der Waals surface area contributed by atoms with Crippen molar-refractivity contribution in [1.29, 1.82) is 0 Å². The smallest absolute Gasteiger partial charge is 0.304 e. The molecule has 1 aliphatic carbocycles. The molecule has 29 heavy (non-hydrogen) atoms. The molecule has 7 nitrogen and oxygen atoms in total. The van der Waals surface area contributed by atoms with Crippen LogP contribution >= 0.6 is 0 Å². The van der Waals surface area contributed by atoms with Gasteiger partial charge in [0.05, 0.1) is 18.7 Å². The fourth-order valence-corrected chi connectivity index (χ4v) is 4.44. The third-order valence-corrected chi connectivity index (χ3v) is 5.99. The Labute approximate surface area is 172 Å². The number of carbonyl (C=O) groups is 2. The molecular formula is C22H33N3O4. The molecule has 1 aliphatic heterocycles. The van der Waals surface area contributed by atoms with Crippen molar-refractivity contribution in [3.63, 3.8) is 0 Å². The number of nitrogens with one attached hydrogen (secondary N) is 2. The monoisotopic (exact) mass is 403 g/mol. The molecule has 2 heterocycles. The average molecular weight is 404 g/mol. The van der Waals surface area contributed by atoms with Crippen LogP contribution in [0.15, 0.2) is 12.1 Å². The van der Waals surface area contributed by atoms with E-state index < -0.39 is 11.4 Å². The SMILES string of the molecule is CCCOc1nc([C@]2(CC(=O)O)CCCNC2)ccc1C(=O)NC1CCCCC1. The van der Waals surface area contributed by atoms with Crippen LogP contribution in [0.3, 0.4) is 0 Å². The number of hydrogen-bond donors (Lipinski definition) is 3. The maximum absolute atomic E-state index is 12.9. The Morgan fingerprint density at radius 3 is 2.72 bits per heavy atom. The van der Waals surface area contributed by atoms with E-state index in [0.29, 0.717) is 30.3 Å². The van der Waals surface area contributed by atoms with Gasteiger partial charge in [-0.25, -0.2) is 4.98 Å². The lowest BCUT2D eigenvalue weighted by Crippen LogP contribution is -2.45. The minimum absolute atomic E-state index is 0.00777. The second-order valence-corrected chi connectivity index (χ2v) is 8.34. The first kappa shape index (κ1) is 21.6. The molecule has 1 aromatic heterocycles. The zero-order valence-electron chi connectivity index (χ0n) is 17.3. The number of ether oxygens (including phenoxy) is 1. The third kappa shape index (κ3) is 5.47. The average Bonchev–Trinajstić information content (AvgIpc) is 2.73. The predicted octanol–water partition coefficient (Wildman–Crippen LogP) is 3.03. The van der Waals surface area contributed by atoms with Gasteiger partial charge in [-0.2, -0.15) is 0 Å². The Morgan fingerprint density at radius 1 is 1.28 bits per heavy atom. The quantitative estimate of drug-likeness (QED) is 0.617. The van der Waals surface area contributed by atoms with E-state index in [1.165, 1.54) is 6.42 Å². The first-order valence-corrected chi connectivity index (χ1v) is 10.9. The topological polar surface area (TPSA) is 101 Å². The number of hydrogen-bond acceptors (Lipinski definition) is 5. The minimum atomic E-state index is -0.842. The summed E-state index contributed by atoms with van der Waals surface area (Å²) < 4.78 is 5.84. The van der Waals surface area contributed by atoms with Crippen molar-refractivity contribution < 1.29 is 19.4 Å². The molecule has 7 heteroatoms. The van der Waals surface area contributed by atoms with Crippen molar-refractivity contribution in [3.8, 4) is 5.88 Å². The van der Waals surface area contributed by atoms with Crippen molar-refractivity contribution >= 4 is 11.9 Å². The van der Waals surface area contributed by atoms with Crippen LogP contribution in [0, 0.1) is 0 Å². The maximum Gasteiger partial charge on any atom is 0.304 e. The van der Waals surface area contributed by atoms with Crippen molar-refractivity contribution in [2.24, 2.45) is 0 Å². The van der Waals surface area contributed by atoms with Crippen LogP contribution < -0.4 is 15.4 Å². The molecule has 2 fully saturated rings. The summed E-state index contributed by atoms with van der Waals surface area (Å²) in [5, 5.41) is 15.9. The zero-order chi connectivity index (χ0) is 20.7. The fraction of sp³-hybridized carbons (Fsp3) is 0.682. The standard InChI is InChI=1S/C22H33N3O4/c1-2-13-29-21-17(20(28)24-16-7-4-3-5-8-16)9-10-18(25-21)22(14-19(26)27)11-6-12-23-15-22/h9-10,16,23H,2-8,11-15H2,1H3,(H,24,28)(H,26,27)/t22-/m0/s1. The molecule has 0 aromatic carbocycles. The normalized spacial score (nSPS) is 22.8. The van der Waals surface area contributed by atoms with E-state index in [1.807, 2.05) is 13.0 Å². The number of carbonyl (C=O) groups excluding carboxylic acids is 1. The van der Waals surface area contributed by atoms with E-state index in [1.54, 1.807) is 6.07 Å². The Kier molecular flexibility index (Phi) is 7.47. The van der Waals surface area contributed by atoms with Crippen LogP contribution in [0.25, 0.3) is 0 Å². The molecule has 1 aromatic rings. The summed E-state index contributed by atoms with van der Waals surface area (Å²) in [7, 11) is 0. The molecule has 0 unspecified atom stereocenters. The highest BCUT2D eigenvalue weighted by Crippen LogP contribution is 2.35. The van der Waals surface area contributed by atoms with E-state index in [0.717, 1.165) is 51.5 Å². The van der Waals surface area contributed by atoms with Gasteiger partial charge in [-0.3, -0.25) is 9.59 Å². The van der Waals surface area contributed by atoms with Gasteiger partial charge in [0.25, 0.3) is 5.91 Å². The first-order valence-electron chi connectivity index (χ1n) is 10.9. The van der Waals surface area contributed by atoms with Crippen LogP contribution in [0.5, 0.6) is 5.88 Å². The highest BCUT2D eigenvalue weighted by atomic mass is 16.5. The van der Waals surface area contributed by atoms with Gasteiger partial charge in [0, 0.05) is 18.0 Å². The molecule has 0 bridgehead atoms. The second kappa shape index (κ2) is 10.1. The second-order valence-electron chi connectivity index (χ2n) is 8.34. The summed E-state index contributed by atoms with van der Waals surface area (Å²) in [4.78, 5) is 29.1. The first-order chi connectivity index (χ1) is 14.0. The van der Waals surface area contributed by atoms with Gasteiger partial charge in [-0.1, -0.05) is 26.2 Å². The van der Waals surface area contributed by atoms with Gasteiger partial charge in [-0.05, 0) is 50.8 Å². The predicted molar refractivity (Wildman–Crippen MR) is 110 cm³/mol. The summed E-state index contributed by atoms with van der Waals surface area (Å²) in [5.41, 5.74) is 0.543. The number of nitrogens with zero attached hydrogens (tertiary/aromatic N) is 1. The molecule has 1 saturated heterocycles. The summed E-state index contributed by atoms with van der Waals surface area (Å²) >= 11 is 0. The summed E-state index contributed by atoms with van der Waals surface area (Å²) in [6.45, 7) is 3.91. The summed E-state index contributed by atoms with van der Waals surface area (Å²) in [6, 6.07) is 3.77. The Hall–Kier alpha value is -2.15. The Morgan fingerprint density at radius 2 is 2.07 bits per heavy atom. The number of rotatable bonds is 8. The van der Waals surface area contributed by atoms with E-state index in [4.69, 9.17) is 4.74 Å². The Balaban J connectivity index is 1.87. The van der Waals surface area contributed by atoms with E-state index in [2.05, 4.69) is 15.6 Å². The highest BCUT2D eigenvalue weighted by Gasteiger charge is 2.38. The molecule has 1 atom stereocenters. The number of pyridine rings is 1. The molecular weight excluding hydrogens is 370 g/mol. The summed E-state index contributed by atoms with van der Waals surface area (Å²) in [6.07, 6.45) is 7.99. The van der Waals surface area contributed by atoms with Crippen LogP contribution in [-0.4, -0.2) is 47.7 Å². The number of carboxylic acids is 1.